The van der Waals surface area contributed by atoms with Crippen LogP contribution in [0.15, 0.2) is 24.3 Å². The van der Waals surface area contributed by atoms with Crippen molar-refractivity contribution in [2.45, 2.75) is 38.3 Å². The molecule has 5 heteroatoms. The molecule has 2 amide bonds. The van der Waals surface area contributed by atoms with Crippen LogP contribution < -0.4 is 10.6 Å². The van der Waals surface area contributed by atoms with Crippen LogP contribution in [0.1, 0.15) is 37.8 Å². The lowest BCUT2D eigenvalue weighted by atomic mass is 10.1. The van der Waals surface area contributed by atoms with Crippen LogP contribution in [0, 0.1) is 0 Å². The van der Waals surface area contributed by atoms with Crippen molar-refractivity contribution >= 4 is 17.6 Å². The van der Waals surface area contributed by atoms with Gasteiger partial charge in [-0.05, 0) is 37.0 Å². The summed E-state index contributed by atoms with van der Waals surface area (Å²) in [6.07, 6.45) is 3.09. The van der Waals surface area contributed by atoms with Gasteiger partial charge in [0.2, 0.25) is 0 Å². The minimum absolute atomic E-state index is 0.00300. The van der Waals surface area contributed by atoms with E-state index in [1.807, 2.05) is 31.2 Å². The molecule has 4 nitrogen and oxygen atoms in total. The second-order valence-electron chi connectivity index (χ2n) is 5.00. The van der Waals surface area contributed by atoms with E-state index in [1.165, 1.54) is 0 Å². The van der Waals surface area contributed by atoms with Gasteiger partial charge >= 0.3 is 6.03 Å². The van der Waals surface area contributed by atoms with E-state index in [9.17, 15) is 4.79 Å². The monoisotopic (exact) mass is 296 g/mol. The summed E-state index contributed by atoms with van der Waals surface area (Å²) in [6, 6.07) is 7.41. The third kappa shape index (κ3) is 4.39. The van der Waals surface area contributed by atoms with Crippen molar-refractivity contribution in [2.75, 3.05) is 13.2 Å². The molecule has 1 saturated heterocycles. The first-order valence-electron chi connectivity index (χ1n) is 7.10. The van der Waals surface area contributed by atoms with Crippen molar-refractivity contribution in [3.8, 4) is 0 Å². The van der Waals surface area contributed by atoms with Crippen LogP contribution in [-0.4, -0.2) is 25.3 Å². The maximum atomic E-state index is 11.9. The Morgan fingerprint density at radius 1 is 1.45 bits per heavy atom. The third-order valence-corrected chi connectivity index (χ3v) is 3.75. The zero-order valence-electron chi connectivity index (χ0n) is 11.7. The van der Waals surface area contributed by atoms with Crippen LogP contribution in [0.2, 0.25) is 5.02 Å². The number of amides is 2. The zero-order chi connectivity index (χ0) is 14.4. The Morgan fingerprint density at radius 2 is 2.20 bits per heavy atom. The van der Waals surface area contributed by atoms with Crippen molar-refractivity contribution in [3.63, 3.8) is 0 Å². The van der Waals surface area contributed by atoms with Crippen LogP contribution in [0.5, 0.6) is 0 Å². The number of hydrogen-bond donors (Lipinski definition) is 2. The average Bonchev–Trinajstić information content (AvgIpc) is 2.97. The second-order valence-corrected chi connectivity index (χ2v) is 5.44. The first-order valence-corrected chi connectivity index (χ1v) is 7.48. The van der Waals surface area contributed by atoms with Gasteiger partial charge in [0.15, 0.2) is 0 Å². The minimum atomic E-state index is -0.151. The molecule has 20 heavy (non-hydrogen) atoms. The fourth-order valence-corrected chi connectivity index (χ4v) is 2.46. The number of carbonyl (C=O) groups excluding carboxylic acids is 1. The molecule has 1 fully saturated rings. The number of halogens is 1. The predicted octanol–water partition coefficient (Wildman–Crippen LogP) is 3.27. The first-order chi connectivity index (χ1) is 9.69. The molecule has 0 unspecified atom stereocenters. The molecule has 0 spiro atoms. The molecule has 0 saturated carbocycles. The standard InChI is InChI=1S/C15H21ClN2O2/c1-2-14(11-5-7-12(16)8-6-11)18-15(19)17-10-13-4-3-9-20-13/h5-8,13-14H,2-4,9-10H2,1H3,(H2,17,18,19)/t13-,14-/m0/s1. The Bertz CT molecular complexity index is 430. The minimum Gasteiger partial charge on any atom is -0.376 e. The van der Waals surface area contributed by atoms with Crippen molar-refractivity contribution < 1.29 is 9.53 Å². The van der Waals surface area contributed by atoms with Crippen molar-refractivity contribution in [2.24, 2.45) is 0 Å². The number of urea groups is 1. The van der Waals surface area contributed by atoms with Crippen LogP contribution in [-0.2, 0) is 4.74 Å². The second kappa shape index (κ2) is 7.50. The summed E-state index contributed by atoms with van der Waals surface area (Å²) in [5, 5.41) is 6.55. The molecule has 1 aliphatic heterocycles. The smallest absolute Gasteiger partial charge is 0.315 e. The molecule has 0 aliphatic carbocycles. The molecule has 0 bridgehead atoms. The summed E-state index contributed by atoms with van der Waals surface area (Å²) in [6.45, 7) is 3.42. The number of rotatable bonds is 5. The maximum Gasteiger partial charge on any atom is 0.315 e. The highest BCUT2D eigenvalue weighted by Crippen LogP contribution is 2.19. The predicted molar refractivity (Wildman–Crippen MR) is 80.0 cm³/mol. The number of nitrogens with one attached hydrogen (secondary N) is 2. The number of hydrogen-bond acceptors (Lipinski definition) is 2. The topological polar surface area (TPSA) is 50.4 Å². The molecule has 1 aromatic carbocycles. The van der Waals surface area contributed by atoms with Crippen molar-refractivity contribution in [3.05, 3.63) is 34.9 Å². The van der Waals surface area contributed by atoms with Gasteiger partial charge in [0.1, 0.15) is 0 Å². The molecule has 1 heterocycles. The largest absolute Gasteiger partial charge is 0.376 e. The summed E-state index contributed by atoms with van der Waals surface area (Å²) in [5.41, 5.74) is 1.06. The van der Waals surface area contributed by atoms with Gasteiger partial charge in [-0.15, -0.1) is 0 Å². The highest BCUT2D eigenvalue weighted by molar-refractivity contribution is 6.30. The van der Waals surface area contributed by atoms with E-state index in [2.05, 4.69) is 10.6 Å². The summed E-state index contributed by atoms with van der Waals surface area (Å²) in [4.78, 5) is 11.9. The number of benzene rings is 1. The van der Waals surface area contributed by atoms with Gasteiger partial charge in [-0.25, -0.2) is 4.79 Å². The van der Waals surface area contributed by atoms with Crippen LogP contribution in [0.3, 0.4) is 0 Å². The molecule has 0 radical (unpaired) electrons. The molecule has 110 valence electrons. The zero-order valence-corrected chi connectivity index (χ0v) is 12.5. The highest BCUT2D eigenvalue weighted by Gasteiger charge is 2.17. The van der Waals surface area contributed by atoms with Crippen LogP contribution >= 0.6 is 11.6 Å². The van der Waals surface area contributed by atoms with E-state index < -0.39 is 0 Å². The van der Waals surface area contributed by atoms with Gasteiger partial charge in [-0.1, -0.05) is 30.7 Å². The Morgan fingerprint density at radius 3 is 2.80 bits per heavy atom. The fourth-order valence-electron chi connectivity index (χ4n) is 2.34. The SMILES string of the molecule is CC[C@H](NC(=O)NC[C@@H]1CCCO1)c1ccc(Cl)cc1. The van der Waals surface area contributed by atoms with E-state index in [0.29, 0.717) is 11.6 Å². The van der Waals surface area contributed by atoms with E-state index in [-0.39, 0.29) is 18.2 Å². The first kappa shape index (κ1) is 15.1. The summed E-state index contributed by atoms with van der Waals surface area (Å²) in [7, 11) is 0. The Hall–Kier alpha value is -1.26. The summed E-state index contributed by atoms with van der Waals surface area (Å²) >= 11 is 5.87. The van der Waals surface area contributed by atoms with Crippen molar-refractivity contribution in [1.29, 1.82) is 0 Å². The van der Waals surface area contributed by atoms with Gasteiger partial charge in [-0.3, -0.25) is 0 Å². The van der Waals surface area contributed by atoms with E-state index in [4.69, 9.17) is 16.3 Å². The fraction of sp³-hybridized carbons (Fsp3) is 0.533. The van der Waals surface area contributed by atoms with E-state index >= 15 is 0 Å². The Balaban J connectivity index is 1.82. The third-order valence-electron chi connectivity index (χ3n) is 3.50. The van der Waals surface area contributed by atoms with Gasteiger partial charge in [-0.2, -0.15) is 0 Å². The summed E-state index contributed by atoms with van der Waals surface area (Å²) in [5.74, 6) is 0. The Labute approximate surface area is 124 Å². The summed E-state index contributed by atoms with van der Waals surface area (Å²) < 4.78 is 5.48. The molecule has 2 rings (SSSR count). The van der Waals surface area contributed by atoms with Crippen LogP contribution in [0.4, 0.5) is 4.79 Å². The maximum absolute atomic E-state index is 11.9. The van der Waals surface area contributed by atoms with Gasteiger partial charge < -0.3 is 15.4 Å². The molecule has 0 aromatic heterocycles. The molecular weight excluding hydrogens is 276 g/mol. The number of ether oxygens (including phenoxy) is 1. The lowest BCUT2D eigenvalue weighted by Crippen LogP contribution is -2.41. The van der Waals surface area contributed by atoms with Crippen LogP contribution in [0.25, 0.3) is 0 Å². The quantitative estimate of drug-likeness (QED) is 0.876. The molecule has 2 atom stereocenters. The Kier molecular flexibility index (Phi) is 5.68. The van der Waals surface area contributed by atoms with Gasteiger partial charge in [0.25, 0.3) is 0 Å². The average molecular weight is 297 g/mol. The lowest BCUT2D eigenvalue weighted by molar-refractivity contribution is 0.111. The van der Waals surface area contributed by atoms with E-state index in [0.717, 1.165) is 31.4 Å². The normalized spacial score (nSPS) is 19.6. The molecular formula is C15H21ClN2O2. The molecule has 1 aromatic rings. The highest BCUT2D eigenvalue weighted by atomic mass is 35.5. The van der Waals surface area contributed by atoms with Gasteiger partial charge in [0.05, 0.1) is 12.1 Å². The van der Waals surface area contributed by atoms with Crippen molar-refractivity contribution in [1.82, 2.24) is 10.6 Å². The molecule has 1 aliphatic rings. The lowest BCUT2D eigenvalue weighted by Gasteiger charge is -2.19. The van der Waals surface area contributed by atoms with Gasteiger partial charge in [0, 0.05) is 18.2 Å². The van der Waals surface area contributed by atoms with E-state index in [1.54, 1.807) is 0 Å². The molecule has 2 N–H and O–H groups in total. The number of carbonyl (C=O) groups is 1.